The van der Waals surface area contributed by atoms with Crippen LogP contribution in [0.2, 0.25) is 5.15 Å². The molecule has 0 saturated heterocycles. The van der Waals surface area contributed by atoms with Crippen molar-refractivity contribution in [1.29, 1.82) is 5.26 Å². The molecule has 2 N–H and O–H groups in total. The van der Waals surface area contributed by atoms with Gasteiger partial charge in [-0.1, -0.05) is 11.6 Å². The zero-order valence-electron chi connectivity index (χ0n) is 12.5. The zero-order chi connectivity index (χ0) is 17.7. The normalized spacial score (nSPS) is 10.0. The molecule has 0 radical (unpaired) electrons. The number of nitrogen functional groups attached to an aromatic ring is 1. The second-order valence-corrected chi connectivity index (χ2v) is 5.81. The third-order valence-corrected chi connectivity index (χ3v) is 4.28. The van der Waals surface area contributed by atoms with Crippen molar-refractivity contribution < 1.29 is 19.1 Å². The highest BCUT2D eigenvalue weighted by Crippen LogP contribution is 2.32. The van der Waals surface area contributed by atoms with Crippen LogP contribution in [-0.2, 0) is 16.1 Å². The van der Waals surface area contributed by atoms with Crippen LogP contribution in [0.4, 0.5) is 5.00 Å². The number of ether oxygens (including phenoxy) is 2. The minimum atomic E-state index is -0.725. The van der Waals surface area contributed by atoms with Crippen LogP contribution in [0, 0.1) is 11.3 Å². The van der Waals surface area contributed by atoms with Gasteiger partial charge in [0.05, 0.1) is 17.7 Å². The van der Waals surface area contributed by atoms with Crippen molar-refractivity contribution in [2.45, 2.75) is 13.5 Å². The Morgan fingerprint density at radius 1 is 1.42 bits per heavy atom. The number of pyridine rings is 1. The molecule has 0 amide bonds. The summed E-state index contributed by atoms with van der Waals surface area (Å²) >= 11 is 6.75. The maximum Gasteiger partial charge on any atom is 0.348 e. The number of esters is 2. The summed E-state index contributed by atoms with van der Waals surface area (Å²) < 4.78 is 10.1. The standard InChI is InChI=1S/C15H12ClN3O4S/c1-2-22-15(21)11-10(9(6-17)13(18)24-11)7-23-14(20)8-4-3-5-19-12(8)16/h3-5H,2,7,18H2,1H3. The topological polar surface area (TPSA) is 115 Å². The van der Waals surface area contributed by atoms with Crippen molar-refractivity contribution in [2.75, 3.05) is 12.3 Å². The minimum absolute atomic E-state index is 0.00143. The van der Waals surface area contributed by atoms with E-state index in [2.05, 4.69) is 4.98 Å². The molecule has 0 fully saturated rings. The summed E-state index contributed by atoms with van der Waals surface area (Å²) in [6.45, 7) is 1.52. The van der Waals surface area contributed by atoms with Gasteiger partial charge in [0.1, 0.15) is 27.7 Å². The van der Waals surface area contributed by atoms with Gasteiger partial charge in [0, 0.05) is 11.8 Å². The van der Waals surface area contributed by atoms with Gasteiger partial charge in [-0.3, -0.25) is 0 Å². The predicted molar refractivity (Wildman–Crippen MR) is 87.8 cm³/mol. The molecule has 2 rings (SSSR count). The Hall–Kier alpha value is -2.63. The molecule has 0 bridgehead atoms. The van der Waals surface area contributed by atoms with Gasteiger partial charge in [-0.05, 0) is 19.1 Å². The molecule has 0 atom stereocenters. The number of hydrogen-bond donors (Lipinski definition) is 1. The lowest BCUT2D eigenvalue weighted by Crippen LogP contribution is -2.10. The van der Waals surface area contributed by atoms with E-state index in [9.17, 15) is 14.9 Å². The highest BCUT2D eigenvalue weighted by molar-refractivity contribution is 7.18. The fraction of sp³-hybridized carbons (Fsp3) is 0.200. The van der Waals surface area contributed by atoms with Gasteiger partial charge in [-0.25, -0.2) is 14.6 Å². The van der Waals surface area contributed by atoms with Crippen molar-refractivity contribution >= 4 is 39.9 Å². The van der Waals surface area contributed by atoms with E-state index < -0.39 is 11.9 Å². The van der Waals surface area contributed by atoms with Crippen LogP contribution in [0.15, 0.2) is 18.3 Å². The molecule has 0 aromatic carbocycles. The molecule has 2 heterocycles. The Kier molecular flexibility index (Phi) is 5.73. The van der Waals surface area contributed by atoms with E-state index in [0.717, 1.165) is 11.3 Å². The van der Waals surface area contributed by atoms with E-state index in [-0.39, 0.29) is 44.9 Å². The molecule has 2 aromatic rings. The number of thiophene rings is 1. The van der Waals surface area contributed by atoms with Gasteiger partial charge < -0.3 is 15.2 Å². The maximum absolute atomic E-state index is 12.1. The van der Waals surface area contributed by atoms with Crippen LogP contribution in [0.3, 0.4) is 0 Å². The number of carbonyl (C=O) groups is 2. The average molecular weight is 366 g/mol. The lowest BCUT2D eigenvalue weighted by molar-refractivity contribution is 0.0452. The second-order valence-electron chi connectivity index (χ2n) is 4.40. The molecule has 24 heavy (non-hydrogen) atoms. The van der Waals surface area contributed by atoms with Crippen LogP contribution in [0.5, 0.6) is 0 Å². The third-order valence-electron chi connectivity index (χ3n) is 2.93. The SMILES string of the molecule is CCOC(=O)c1sc(N)c(C#N)c1COC(=O)c1cccnc1Cl. The number of rotatable bonds is 5. The molecule has 0 unspecified atom stereocenters. The van der Waals surface area contributed by atoms with Crippen LogP contribution < -0.4 is 5.73 Å². The van der Waals surface area contributed by atoms with Gasteiger partial charge in [0.25, 0.3) is 0 Å². The number of nitriles is 1. The lowest BCUT2D eigenvalue weighted by Gasteiger charge is -2.07. The second kappa shape index (κ2) is 7.77. The van der Waals surface area contributed by atoms with Gasteiger partial charge in [-0.2, -0.15) is 5.26 Å². The summed E-state index contributed by atoms with van der Waals surface area (Å²) in [4.78, 5) is 28.0. The summed E-state index contributed by atoms with van der Waals surface area (Å²) in [5.74, 6) is -1.35. The number of halogens is 1. The largest absolute Gasteiger partial charge is 0.462 e. The first-order chi connectivity index (χ1) is 11.5. The average Bonchev–Trinajstić information content (AvgIpc) is 2.89. The number of aromatic nitrogens is 1. The van der Waals surface area contributed by atoms with Crippen LogP contribution in [0.1, 0.15) is 38.1 Å². The first kappa shape index (κ1) is 17.7. The monoisotopic (exact) mass is 365 g/mol. The van der Waals surface area contributed by atoms with E-state index >= 15 is 0 Å². The summed E-state index contributed by atoms with van der Waals surface area (Å²) in [7, 11) is 0. The third kappa shape index (κ3) is 3.64. The molecule has 2 aromatic heterocycles. The molecule has 124 valence electrons. The van der Waals surface area contributed by atoms with Gasteiger partial charge in [0.2, 0.25) is 0 Å². The minimum Gasteiger partial charge on any atom is -0.462 e. The van der Waals surface area contributed by atoms with Crippen molar-refractivity contribution in [2.24, 2.45) is 0 Å². The molecular weight excluding hydrogens is 354 g/mol. The number of nitrogens with two attached hydrogens (primary N) is 1. The van der Waals surface area contributed by atoms with Crippen molar-refractivity contribution in [1.82, 2.24) is 4.98 Å². The first-order valence-corrected chi connectivity index (χ1v) is 7.95. The van der Waals surface area contributed by atoms with E-state index in [1.54, 1.807) is 6.92 Å². The lowest BCUT2D eigenvalue weighted by atomic mass is 10.1. The highest BCUT2D eigenvalue weighted by atomic mass is 35.5. The Bertz CT molecular complexity index is 829. The Morgan fingerprint density at radius 2 is 2.17 bits per heavy atom. The number of nitrogens with zero attached hydrogens (tertiary/aromatic N) is 2. The van der Waals surface area contributed by atoms with Crippen molar-refractivity contribution in [3.63, 3.8) is 0 Å². The van der Waals surface area contributed by atoms with E-state index in [1.807, 2.05) is 6.07 Å². The molecule has 0 aliphatic carbocycles. The van der Waals surface area contributed by atoms with Crippen molar-refractivity contribution in [3.8, 4) is 6.07 Å². The quantitative estimate of drug-likeness (QED) is 0.639. The Labute approximate surface area is 146 Å². The van der Waals surface area contributed by atoms with E-state index in [4.69, 9.17) is 26.8 Å². The van der Waals surface area contributed by atoms with Crippen LogP contribution in [-0.4, -0.2) is 23.5 Å². The van der Waals surface area contributed by atoms with Crippen molar-refractivity contribution in [3.05, 3.63) is 45.1 Å². The first-order valence-electron chi connectivity index (χ1n) is 6.75. The summed E-state index contributed by atoms with van der Waals surface area (Å²) in [5.41, 5.74) is 6.13. The zero-order valence-corrected chi connectivity index (χ0v) is 14.1. The smallest absolute Gasteiger partial charge is 0.348 e. The molecule has 0 aliphatic rings. The Morgan fingerprint density at radius 3 is 2.79 bits per heavy atom. The predicted octanol–water partition coefficient (Wildman–Crippen LogP) is 2.78. The number of anilines is 1. The fourth-order valence-electron chi connectivity index (χ4n) is 1.86. The molecule has 9 heteroatoms. The summed E-state index contributed by atoms with van der Waals surface area (Å²) in [5, 5.41) is 9.36. The van der Waals surface area contributed by atoms with Gasteiger partial charge >= 0.3 is 11.9 Å². The Balaban J connectivity index is 2.26. The molecule has 0 aliphatic heterocycles. The molecule has 0 saturated carbocycles. The van der Waals surface area contributed by atoms with Crippen LogP contribution in [0.25, 0.3) is 0 Å². The van der Waals surface area contributed by atoms with E-state index in [0.29, 0.717) is 0 Å². The van der Waals surface area contributed by atoms with E-state index in [1.165, 1.54) is 18.3 Å². The highest BCUT2D eigenvalue weighted by Gasteiger charge is 2.24. The molecule has 0 spiro atoms. The summed E-state index contributed by atoms with van der Waals surface area (Å²) in [6, 6.07) is 4.90. The maximum atomic E-state index is 12.1. The fourth-order valence-corrected chi connectivity index (χ4v) is 2.97. The number of carbonyl (C=O) groups excluding carboxylic acids is 2. The molecular formula is C15H12ClN3O4S. The molecule has 7 nitrogen and oxygen atoms in total. The van der Waals surface area contributed by atoms with Crippen LogP contribution >= 0.6 is 22.9 Å². The van der Waals surface area contributed by atoms with Gasteiger partial charge in [0.15, 0.2) is 0 Å². The number of hydrogen-bond acceptors (Lipinski definition) is 8. The van der Waals surface area contributed by atoms with Gasteiger partial charge in [-0.15, -0.1) is 11.3 Å². The summed E-state index contributed by atoms with van der Waals surface area (Å²) in [6.07, 6.45) is 1.44.